The van der Waals surface area contributed by atoms with Crippen molar-refractivity contribution in [2.75, 3.05) is 0 Å². The molecule has 98 valence electrons. The van der Waals surface area contributed by atoms with E-state index in [1.807, 2.05) is 17.4 Å². The summed E-state index contributed by atoms with van der Waals surface area (Å²) in [6, 6.07) is 15.3. The van der Waals surface area contributed by atoms with Gasteiger partial charge in [0.25, 0.3) is 0 Å². The number of fused-ring (bicyclic) bond motifs is 3. The summed E-state index contributed by atoms with van der Waals surface area (Å²) in [5.74, 6) is 0. The van der Waals surface area contributed by atoms with Crippen LogP contribution in [0.15, 0.2) is 60.3 Å². The Morgan fingerprint density at radius 1 is 0.850 bits per heavy atom. The van der Waals surface area contributed by atoms with Gasteiger partial charge in [-0.1, -0.05) is 42.5 Å². The van der Waals surface area contributed by atoms with Crippen LogP contribution in [0.1, 0.15) is 18.4 Å². The van der Waals surface area contributed by atoms with Crippen LogP contribution in [-0.2, 0) is 0 Å². The maximum atomic E-state index is 5.87. The van der Waals surface area contributed by atoms with Gasteiger partial charge in [0.15, 0.2) is 0 Å². The van der Waals surface area contributed by atoms with E-state index in [4.69, 9.17) is 5.73 Å². The van der Waals surface area contributed by atoms with Gasteiger partial charge in [0.1, 0.15) is 0 Å². The van der Waals surface area contributed by atoms with Gasteiger partial charge in [-0.15, -0.1) is 11.3 Å². The molecule has 0 aliphatic heterocycles. The summed E-state index contributed by atoms with van der Waals surface area (Å²) < 4.78 is 2.76. The predicted octanol–water partition coefficient (Wildman–Crippen LogP) is 5.07. The Balaban J connectivity index is 2.01. The van der Waals surface area contributed by atoms with Crippen molar-refractivity contribution in [2.24, 2.45) is 5.73 Å². The molecule has 1 aliphatic rings. The Bertz CT molecular complexity index is 867. The van der Waals surface area contributed by atoms with Gasteiger partial charge < -0.3 is 5.73 Å². The molecule has 0 unspecified atom stereocenters. The molecule has 0 atom stereocenters. The van der Waals surface area contributed by atoms with E-state index in [9.17, 15) is 0 Å². The molecule has 1 aromatic heterocycles. The van der Waals surface area contributed by atoms with E-state index in [2.05, 4.69) is 48.5 Å². The second-order valence-corrected chi connectivity index (χ2v) is 6.27. The van der Waals surface area contributed by atoms with Crippen molar-refractivity contribution < 1.29 is 0 Å². The quantitative estimate of drug-likeness (QED) is 0.660. The fourth-order valence-corrected chi connectivity index (χ4v) is 4.13. The van der Waals surface area contributed by atoms with Crippen LogP contribution in [0.5, 0.6) is 0 Å². The monoisotopic (exact) mass is 277 g/mol. The van der Waals surface area contributed by atoms with E-state index in [-0.39, 0.29) is 0 Å². The minimum absolute atomic E-state index is 0.965. The topological polar surface area (TPSA) is 26.0 Å². The van der Waals surface area contributed by atoms with Crippen molar-refractivity contribution in [3.63, 3.8) is 0 Å². The van der Waals surface area contributed by atoms with Crippen LogP contribution in [0.3, 0.4) is 0 Å². The lowest BCUT2D eigenvalue weighted by Crippen LogP contribution is -2.01. The van der Waals surface area contributed by atoms with Crippen LogP contribution in [-0.4, -0.2) is 0 Å². The number of rotatable bonds is 1. The normalized spacial score (nSPS) is 15.4. The van der Waals surface area contributed by atoms with Crippen LogP contribution >= 0.6 is 11.3 Å². The fourth-order valence-electron chi connectivity index (χ4n) is 2.88. The Labute approximate surface area is 122 Å². The molecule has 2 N–H and O–H groups in total. The number of allylic oxidation sites excluding steroid dienone is 4. The number of hydrogen-bond acceptors (Lipinski definition) is 2. The van der Waals surface area contributed by atoms with Crippen LogP contribution < -0.4 is 5.73 Å². The molecule has 0 saturated carbocycles. The number of nitrogens with two attached hydrogens (primary N) is 1. The lowest BCUT2D eigenvalue weighted by atomic mass is 9.95. The SMILES string of the molecule is NC1=CC=C(c2cccc3c2sc2ccccc23)CC1. The highest BCUT2D eigenvalue weighted by Gasteiger charge is 2.12. The van der Waals surface area contributed by atoms with E-state index in [1.165, 1.54) is 31.3 Å². The number of benzene rings is 2. The molecule has 0 saturated heterocycles. The fraction of sp³-hybridized carbons (Fsp3) is 0.111. The summed E-state index contributed by atoms with van der Waals surface area (Å²) in [5.41, 5.74) is 9.62. The van der Waals surface area contributed by atoms with Gasteiger partial charge in [-0.3, -0.25) is 0 Å². The molecular weight excluding hydrogens is 262 g/mol. The second-order valence-electron chi connectivity index (χ2n) is 5.21. The summed E-state index contributed by atoms with van der Waals surface area (Å²) in [6.07, 6.45) is 6.23. The van der Waals surface area contributed by atoms with Gasteiger partial charge in [-0.2, -0.15) is 0 Å². The van der Waals surface area contributed by atoms with Gasteiger partial charge in [-0.25, -0.2) is 0 Å². The lowest BCUT2D eigenvalue weighted by Gasteiger charge is -2.13. The molecule has 1 aliphatic carbocycles. The third kappa shape index (κ3) is 1.76. The van der Waals surface area contributed by atoms with Gasteiger partial charge in [0, 0.05) is 25.9 Å². The molecule has 2 aromatic carbocycles. The lowest BCUT2D eigenvalue weighted by molar-refractivity contribution is 0.960. The zero-order valence-corrected chi connectivity index (χ0v) is 11.9. The third-order valence-corrected chi connectivity index (χ3v) is 5.15. The smallest absolute Gasteiger partial charge is 0.0430 e. The third-order valence-electron chi connectivity index (χ3n) is 3.93. The van der Waals surface area contributed by atoms with E-state index in [0.29, 0.717) is 0 Å². The summed E-state index contributed by atoms with van der Waals surface area (Å²) in [4.78, 5) is 0. The highest BCUT2D eigenvalue weighted by atomic mass is 32.1. The second kappa shape index (κ2) is 4.50. The summed E-state index contributed by atoms with van der Waals surface area (Å²) in [5, 5.41) is 2.73. The van der Waals surface area contributed by atoms with E-state index < -0.39 is 0 Å². The number of hydrogen-bond donors (Lipinski definition) is 1. The van der Waals surface area contributed by atoms with Crippen molar-refractivity contribution in [1.82, 2.24) is 0 Å². The molecule has 0 bridgehead atoms. The minimum Gasteiger partial charge on any atom is -0.402 e. The molecule has 20 heavy (non-hydrogen) atoms. The maximum Gasteiger partial charge on any atom is 0.0430 e. The molecule has 2 heteroatoms. The largest absolute Gasteiger partial charge is 0.402 e. The minimum atomic E-state index is 0.965. The first-order chi connectivity index (χ1) is 9.83. The standard InChI is InChI=1S/C18H15NS/c19-13-10-8-12(9-11-13)14-5-3-6-16-15-4-1-2-7-17(15)20-18(14)16/h1-8,10H,9,11,19H2. The zero-order valence-electron chi connectivity index (χ0n) is 11.1. The molecule has 3 aromatic rings. The molecule has 1 nitrogen and oxygen atoms in total. The Kier molecular flexibility index (Phi) is 2.64. The summed E-state index contributed by atoms with van der Waals surface area (Å²) >= 11 is 1.89. The molecule has 0 spiro atoms. The van der Waals surface area contributed by atoms with Gasteiger partial charge >= 0.3 is 0 Å². The first kappa shape index (κ1) is 11.7. The average molecular weight is 277 g/mol. The highest BCUT2D eigenvalue weighted by Crippen LogP contribution is 2.39. The van der Waals surface area contributed by atoms with Crippen molar-refractivity contribution in [3.05, 3.63) is 65.9 Å². The Morgan fingerprint density at radius 3 is 2.55 bits per heavy atom. The van der Waals surface area contributed by atoms with Gasteiger partial charge in [-0.05, 0) is 36.1 Å². The van der Waals surface area contributed by atoms with Crippen molar-refractivity contribution in [3.8, 4) is 0 Å². The van der Waals surface area contributed by atoms with Crippen LogP contribution in [0.4, 0.5) is 0 Å². The van der Waals surface area contributed by atoms with Gasteiger partial charge in [0.05, 0.1) is 0 Å². The van der Waals surface area contributed by atoms with E-state index in [1.54, 1.807) is 0 Å². The van der Waals surface area contributed by atoms with Gasteiger partial charge in [0.2, 0.25) is 0 Å². The van der Waals surface area contributed by atoms with E-state index >= 15 is 0 Å². The molecule has 4 rings (SSSR count). The molecular formula is C18H15NS. The maximum absolute atomic E-state index is 5.87. The van der Waals surface area contributed by atoms with Crippen LogP contribution in [0.25, 0.3) is 25.7 Å². The van der Waals surface area contributed by atoms with Crippen molar-refractivity contribution in [1.29, 1.82) is 0 Å². The molecule has 0 fully saturated rings. The van der Waals surface area contributed by atoms with Crippen LogP contribution in [0, 0.1) is 0 Å². The Morgan fingerprint density at radius 2 is 1.70 bits per heavy atom. The van der Waals surface area contributed by atoms with Crippen LogP contribution in [0.2, 0.25) is 0 Å². The Hall–Kier alpha value is -2.06. The highest BCUT2D eigenvalue weighted by molar-refractivity contribution is 7.26. The summed E-state index contributed by atoms with van der Waals surface area (Å²) in [6.45, 7) is 0. The molecule has 0 amide bonds. The first-order valence-electron chi connectivity index (χ1n) is 6.89. The van der Waals surface area contributed by atoms with E-state index in [0.717, 1.165) is 18.5 Å². The average Bonchev–Trinajstić information content (AvgIpc) is 2.87. The zero-order chi connectivity index (χ0) is 13.5. The van der Waals surface area contributed by atoms with Crippen molar-refractivity contribution in [2.45, 2.75) is 12.8 Å². The predicted molar refractivity (Wildman–Crippen MR) is 88.8 cm³/mol. The molecule has 0 radical (unpaired) electrons. The molecule has 1 heterocycles. The first-order valence-corrected chi connectivity index (χ1v) is 7.70. The number of thiophene rings is 1. The summed E-state index contributed by atoms with van der Waals surface area (Å²) in [7, 11) is 0. The van der Waals surface area contributed by atoms with Crippen molar-refractivity contribution >= 4 is 37.1 Å².